The largest absolute Gasteiger partial charge is 0.497 e. The first-order valence-corrected chi connectivity index (χ1v) is 11.5. The summed E-state index contributed by atoms with van der Waals surface area (Å²) in [6.45, 7) is 3.81. The van der Waals surface area contributed by atoms with Crippen LogP contribution in [0.5, 0.6) is 5.75 Å². The number of hydrogen-bond acceptors (Lipinski definition) is 5. The van der Waals surface area contributed by atoms with E-state index in [1.807, 2.05) is 18.2 Å². The lowest BCUT2D eigenvalue weighted by Gasteiger charge is -2.34. The molecule has 1 saturated heterocycles. The maximum atomic E-state index is 13.5. The van der Waals surface area contributed by atoms with Crippen LogP contribution in [0, 0.1) is 5.92 Å². The summed E-state index contributed by atoms with van der Waals surface area (Å²) < 4.78 is 32.5. The molecule has 0 spiro atoms. The average molecular weight is 431 g/mol. The molecule has 0 amide bonds. The molecular weight excluding hydrogens is 408 g/mol. The van der Waals surface area contributed by atoms with Crippen molar-refractivity contribution in [2.45, 2.75) is 29.6 Å². The minimum atomic E-state index is -3.77. The minimum Gasteiger partial charge on any atom is -0.497 e. The Balaban J connectivity index is 1.97. The van der Waals surface area contributed by atoms with Crippen molar-refractivity contribution in [3.05, 3.63) is 53.7 Å². The van der Waals surface area contributed by atoms with E-state index in [4.69, 9.17) is 16.3 Å². The zero-order chi connectivity index (χ0) is 20.6. The van der Waals surface area contributed by atoms with Crippen molar-refractivity contribution in [3.8, 4) is 5.75 Å². The number of fused-ring (bicyclic) bond motifs is 1. The monoisotopic (exact) mass is 430 g/mol. The Hall–Kier alpha value is -2.31. The predicted molar refractivity (Wildman–Crippen MR) is 116 cm³/mol. The number of anilines is 1. The summed E-state index contributed by atoms with van der Waals surface area (Å²) in [4.78, 5) is 7.06. The number of pyridine rings is 1. The molecule has 1 fully saturated rings. The Kier molecular flexibility index (Phi) is 5.40. The second-order valence-electron chi connectivity index (χ2n) is 7.50. The van der Waals surface area contributed by atoms with E-state index in [2.05, 4.69) is 16.8 Å². The molecule has 1 aliphatic heterocycles. The highest BCUT2D eigenvalue weighted by Gasteiger charge is 2.29. The molecule has 0 radical (unpaired) electrons. The van der Waals surface area contributed by atoms with Crippen molar-refractivity contribution in [3.63, 3.8) is 0 Å². The first kappa shape index (κ1) is 20.0. The standard InChI is InChI=1S/C22H23ClN2O3S/c1-15-4-3-11-25(14-15)22-19-12-17(28-2)7-10-20(19)24-13-21(22)29(26,27)18-8-5-16(23)6-9-18/h5-10,12-13,15H,3-4,11,14H2,1-2H3/t15-/m1/s1. The first-order chi connectivity index (χ1) is 13.9. The van der Waals surface area contributed by atoms with E-state index < -0.39 is 9.84 Å². The van der Waals surface area contributed by atoms with E-state index in [1.54, 1.807) is 19.2 Å². The Morgan fingerprint density at radius 3 is 2.62 bits per heavy atom. The lowest BCUT2D eigenvalue weighted by atomic mass is 9.99. The average Bonchev–Trinajstić information content (AvgIpc) is 2.72. The number of piperidine rings is 1. The number of sulfone groups is 1. The van der Waals surface area contributed by atoms with E-state index in [1.165, 1.54) is 18.3 Å². The van der Waals surface area contributed by atoms with Gasteiger partial charge in [0.15, 0.2) is 0 Å². The molecule has 3 aromatic rings. The molecule has 0 unspecified atom stereocenters. The number of hydrogen-bond donors (Lipinski definition) is 0. The summed E-state index contributed by atoms with van der Waals surface area (Å²) in [5.41, 5.74) is 1.45. The topological polar surface area (TPSA) is 59.5 Å². The number of methoxy groups -OCH3 is 1. The van der Waals surface area contributed by atoms with Crippen LogP contribution in [-0.2, 0) is 9.84 Å². The minimum absolute atomic E-state index is 0.206. The SMILES string of the molecule is COc1ccc2ncc(S(=O)(=O)c3ccc(Cl)cc3)c(N3CCC[C@@H](C)C3)c2c1. The van der Waals surface area contributed by atoms with Gasteiger partial charge in [-0.2, -0.15) is 0 Å². The third-order valence-electron chi connectivity index (χ3n) is 5.40. The second kappa shape index (κ2) is 7.84. The fourth-order valence-corrected chi connectivity index (χ4v) is 5.48. The highest BCUT2D eigenvalue weighted by molar-refractivity contribution is 7.91. The van der Waals surface area contributed by atoms with Crippen LogP contribution >= 0.6 is 11.6 Å². The van der Waals surface area contributed by atoms with E-state index in [0.717, 1.165) is 36.8 Å². The van der Waals surface area contributed by atoms with Crippen molar-refractivity contribution in [2.24, 2.45) is 5.92 Å². The van der Waals surface area contributed by atoms with Crippen molar-refractivity contribution >= 4 is 38.0 Å². The predicted octanol–water partition coefficient (Wildman–Crippen LogP) is 4.97. The number of ether oxygens (including phenoxy) is 1. The molecule has 0 aliphatic carbocycles. The fourth-order valence-electron chi connectivity index (χ4n) is 3.92. The molecule has 2 heterocycles. The van der Waals surface area contributed by atoms with Crippen LogP contribution < -0.4 is 9.64 Å². The van der Waals surface area contributed by atoms with E-state index in [0.29, 0.717) is 22.4 Å². The molecule has 29 heavy (non-hydrogen) atoms. The third kappa shape index (κ3) is 3.79. The Morgan fingerprint density at radius 2 is 1.93 bits per heavy atom. The molecule has 0 saturated carbocycles. The zero-order valence-electron chi connectivity index (χ0n) is 16.4. The maximum absolute atomic E-state index is 13.5. The molecular formula is C22H23ClN2O3S. The number of benzene rings is 2. The van der Waals surface area contributed by atoms with Crippen molar-refractivity contribution in [1.29, 1.82) is 0 Å². The summed E-state index contributed by atoms with van der Waals surface area (Å²) >= 11 is 5.96. The number of rotatable bonds is 4. The quantitative estimate of drug-likeness (QED) is 0.585. The van der Waals surface area contributed by atoms with Crippen LogP contribution in [0.25, 0.3) is 10.9 Å². The number of halogens is 1. The smallest absolute Gasteiger partial charge is 0.210 e. The molecule has 1 aliphatic rings. The van der Waals surface area contributed by atoms with Gasteiger partial charge < -0.3 is 9.64 Å². The molecule has 1 atom stereocenters. The van der Waals surface area contributed by atoms with Gasteiger partial charge in [-0.25, -0.2) is 8.42 Å². The van der Waals surface area contributed by atoms with Crippen molar-refractivity contribution < 1.29 is 13.2 Å². The zero-order valence-corrected chi connectivity index (χ0v) is 18.0. The fraction of sp³-hybridized carbons (Fsp3) is 0.318. The summed E-state index contributed by atoms with van der Waals surface area (Å²) in [5, 5.41) is 1.28. The Morgan fingerprint density at radius 1 is 1.17 bits per heavy atom. The number of aromatic nitrogens is 1. The van der Waals surface area contributed by atoms with Crippen LogP contribution in [0.4, 0.5) is 5.69 Å². The Bertz CT molecular complexity index is 1150. The van der Waals surface area contributed by atoms with Gasteiger partial charge in [-0.3, -0.25) is 4.98 Å². The summed E-state index contributed by atoms with van der Waals surface area (Å²) in [5.74, 6) is 1.16. The van der Waals surface area contributed by atoms with Gasteiger partial charge in [0.25, 0.3) is 0 Å². The van der Waals surface area contributed by atoms with Gasteiger partial charge in [0, 0.05) is 29.7 Å². The molecule has 0 N–H and O–H groups in total. The van der Waals surface area contributed by atoms with Gasteiger partial charge in [0.05, 0.1) is 23.2 Å². The van der Waals surface area contributed by atoms with Crippen LogP contribution in [-0.4, -0.2) is 33.6 Å². The summed E-state index contributed by atoms with van der Waals surface area (Å²) in [6, 6.07) is 11.8. The molecule has 2 aromatic carbocycles. The van der Waals surface area contributed by atoms with Gasteiger partial charge in [-0.05, 0) is 61.2 Å². The number of nitrogens with zero attached hydrogens (tertiary/aromatic N) is 2. The van der Waals surface area contributed by atoms with Gasteiger partial charge >= 0.3 is 0 Å². The van der Waals surface area contributed by atoms with Crippen LogP contribution in [0.3, 0.4) is 0 Å². The van der Waals surface area contributed by atoms with Crippen LogP contribution in [0.1, 0.15) is 19.8 Å². The van der Waals surface area contributed by atoms with Gasteiger partial charge in [0.2, 0.25) is 9.84 Å². The third-order valence-corrected chi connectivity index (χ3v) is 7.42. The van der Waals surface area contributed by atoms with Gasteiger partial charge in [0.1, 0.15) is 10.6 Å². The summed E-state index contributed by atoms with van der Waals surface area (Å²) in [7, 11) is -2.17. The lowest BCUT2D eigenvalue weighted by molar-refractivity contribution is 0.415. The normalized spacial score (nSPS) is 17.5. The molecule has 152 valence electrons. The molecule has 1 aromatic heterocycles. The van der Waals surface area contributed by atoms with Gasteiger partial charge in [-0.15, -0.1) is 0 Å². The highest BCUT2D eigenvalue weighted by Crippen LogP contribution is 2.39. The molecule has 0 bridgehead atoms. The maximum Gasteiger partial charge on any atom is 0.210 e. The van der Waals surface area contributed by atoms with E-state index in [9.17, 15) is 8.42 Å². The second-order valence-corrected chi connectivity index (χ2v) is 9.86. The van der Waals surface area contributed by atoms with Crippen LogP contribution in [0.2, 0.25) is 5.02 Å². The van der Waals surface area contributed by atoms with Crippen molar-refractivity contribution in [2.75, 3.05) is 25.1 Å². The Labute approximate surface area is 176 Å². The highest BCUT2D eigenvalue weighted by atomic mass is 35.5. The van der Waals surface area contributed by atoms with Gasteiger partial charge in [-0.1, -0.05) is 18.5 Å². The lowest BCUT2D eigenvalue weighted by Crippen LogP contribution is -2.35. The van der Waals surface area contributed by atoms with E-state index in [-0.39, 0.29) is 9.79 Å². The molecule has 5 nitrogen and oxygen atoms in total. The first-order valence-electron chi connectivity index (χ1n) is 9.62. The molecule has 4 rings (SSSR count). The van der Waals surface area contributed by atoms with Crippen molar-refractivity contribution in [1.82, 2.24) is 4.98 Å². The van der Waals surface area contributed by atoms with Crippen LogP contribution in [0.15, 0.2) is 58.5 Å². The summed E-state index contributed by atoms with van der Waals surface area (Å²) in [6.07, 6.45) is 3.64. The van der Waals surface area contributed by atoms with E-state index >= 15 is 0 Å². The molecule has 7 heteroatoms.